The lowest BCUT2D eigenvalue weighted by molar-refractivity contribution is 0.591. The van der Waals surface area contributed by atoms with Crippen LogP contribution in [0.3, 0.4) is 0 Å². The van der Waals surface area contributed by atoms with E-state index in [0.29, 0.717) is 0 Å². The van der Waals surface area contributed by atoms with E-state index in [4.69, 9.17) is 4.98 Å². The van der Waals surface area contributed by atoms with Gasteiger partial charge in [-0.2, -0.15) is 0 Å². The van der Waals surface area contributed by atoms with E-state index < -0.39 is 0 Å². The highest BCUT2D eigenvalue weighted by molar-refractivity contribution is 6.38. The van der Waals surface area contributed by atoms with Crippen molar-refractivity contribution in [1.82, 2.24) is 13.8 Å². The molecule has 0 aliphatic heterocycles. The predicted molar refractivity (Wildman–Crippen MR) is 261 cm³/mol. The Morgan fingerprint density at radius 2 is 0.967 bits per heavy atom. The first kappa shape index (κ1) is 34.7. The van der Waals surface area contributed by atoms with Gasteiger partial charge in [0.1, 0.15) is 5.65 Å². The molecule has 8 aromatic carbocycles. The molecule has 0 saturated carbocycles. The summed E-state index contributed by atoms with van der Waals surface area (Å²) in [5, 5.41) is 15.1. The molecule has 61 heavy (non-hydrogen) atoms. The fourth-order valence-electron chi connectivity index (χ4n) is 10.7. The number of fused-ring (bicyclic) bond motifs is 16. The van der Waals surface area contributed by atoms with Gasteiger partial charge in [0.2, 0.25) is 0 Å². The molecule has 0 radical (unpaired) electrons. The smallest absolute Gasteiger partial charge is 0.146 e. The maximum atomic E-state index is 5.56. The first-order valence-electron chi connectivity index (χ1n) is 21.6. The van der Waals surface area contributed by atoms with E-state index in [1.165, 1.54) is 104 Å². The predicted octanol–water partition coefficient (Wildman–Crippen LogP) is 15.8. The van der Waals surface area contributed by atoms with E-state index in [1.54, 1.807) is 0 Å². The summed E-state index contributed by atoms with van der Waals surface area (Å²) >= 11 is 0. The molecule has 13 rings (SSSR count). The Balaban J connectivity index is 1.28. The Morgan fingerprint density at radius 1 is 0.410 bits per heavy atom. The molecule has 13 aromatic rings. The second-order valence-corrected chi connectivity index (χ2v) is 19.3. The SMILES string of the molecule is CC(C)(C)c1ccc2c(c1)c1c3ccccc3cc3c4c5c6cc(C(C)(C)C)cc7c8cc9ccccc9c(N(c9ccccc9)c9ccccc9)c8n(c5cnc4n2c31)c76. The van der Waals surface area contributed by atoms with E-state index in [0.717, 1.165) is 22.5 Å². The van der Waals surface area contributed by atoms with Crippen molar-refractivity contribution in [3.63, 3.8) is 0 Å². The van der Waals surface area contributed by atoms with Crippen molar-refractivity contribution in [2.24, 2.45) is 0 Å². The van der Waals surface area contributed by atoms with Gasteiger partial charge in [0.25, 0.3) is 0 Å². The van der Waals surface area contributed by atoms with Gasteiger partial charge in [0.05, 0.1) is 39.5 Å². The first-order chi connectivity index (χ1) is 29.6. The number of rotatable bonds is 3. The molecular weight excluding hydrogens is 741 g/mol. The molecule has 0 aliphatic rings. The normalized spacial score (nSPS) is 13.1. The molecule has 292 valence electrons. The van der Waals surface area contributed by atoms with Crippen molar-refractivity contribution in [2.75, 3.05) is 4.90 Å². The fraction of sp³-hybridized carbons (Fsp3) is 0.140. The van der Waals surface area contributed by atoms with Crippen molar-refractivity contribution in [1.29, 1.82) is 0 Å². The molecule has 0 N–H and O–H groups in total. The van der Waals surface area contributed by atoms with E-state index >= 15 is 0 Å². The van der Waals surface area contributed by atoms with Gasteiger partial charge in [0.15, 0.2) is 0 Å². The number of nitrogens with zero attached hydrogens (tertiary/aromatic N) is 4. The van der Waals surface area contributed by atoms with Crippen molar-refractivity contribution >= 4 is 115 Å². The van der Waals surface area contributed by atoms with Crippen molar-refractivity contribution < 1.29 is 0 Å². The molecule has 0 amide bonds. The van der Waals surface area contributed by atoms with Crippen LogP contribution in [-0.2, 0) is 10.8 Å². The number of benzene rings is 8. The summed E-state index contributed by atoms with van der Waals surface area (Å²) in [6.07, 6.45) is 2.17. The van der Waals surface area contributed by atoms with Crippen LogP contribution in [0.2, 0.25) is 0 Å². The molecule has 0 bridgehead atoms. The summed E-state index contributed by atoms with van der Waals surface area (Å²) in [5.41, 5.74) is 13.0. The van der Waals surface area contributed by atoms with Crippen LogP contribution in [0.5, 0.6) is 0 Å². The Morgan fingerprint density at radius 3 is 1.66 bits per heavy atom. The van der Waals surface area contributed by atoms with Gasteiger partial charge >= 0.3 is 0 Å². The van der Waals surface area contributed by atoms with E-state index in [1.807, 2.05) is 0 Å². The van der Waals surface area contributed by atoms with Crippen LogP contribution >= 0.6 is 0 Å². The molecular formula is C57H44N4. The summed E-state index contributed by atoms with van der Waals surface area (Å²) in [6.45, 7) is 14.0. The largest absolute Gasteiger partial charge is 0.308 e. The number of hydrogen-bond donors (Lipinski definition) is 0. The minimum absolute atomic E-state index is 0.0254. The second kappa shape index (κ2) is 11.8. The van der Waals surface area contributed by atoms with Gasteiger partial charge in [-0.1, -0.05) is 133 Å². The van der Waals surface area contributed by atoms with Crippen LogP contribution in [0.4, 0.5) is 17.1 Å². The highest BCUT2D eigenvalue weighted by atomic mass is 15.2. The summed E-state index contributed by atoms with van der Waals surface area (Å²) in [4.78, 5) is 8.03. The second-order valence-electron chi connectivity index (χ2n) is 19.3. The number of pyridine rings is 1. The third-order valence-electron chi connectivity index (χ3n) is 13.6. The minimum atomic E-state index is -0.0830. The van der Waals surface area contributed by atoms with Gasteiger partial charge in [0, 0.05) is 59.9 Å². The fourth-order valence-corrected chi connectivity index (χ4v) is 10.7. The third kappa shape index (κ3) is 4.57. The van der Waals surface area contributed by atoms with E-state index in [2.05, 4.69) is 213 Å². The van der Waals surface area contributed by atoms with Gasteiger partial charge in [-0.05, 0) is 98.8 Å². The average Bonchev–Trinajstić information content (AvgIpc) is 3.99. The number of hydrogen-bond acceptors (Lipinski definition) is 2. The molecule has 0 atom stereocenters. The van der Waals surface area contributed by atoms with Crippen LogP contribution < -0.4 is 4.90 Å². The summed E-state index contributed by atoms with van der Waals surface area (Å²) < 4.78 is 5.03. The van der Waals surface area contributed by atoms with Crippen molar-refractivity contribution in [2.45, 2.75) is 52.4 Å². The molecule has 0 aliphatic carbocycles. The van der Waals surface area contributed by atoms with Gasteiger partial charge < -0.3 is 9.30 Å². The topological polar surface area (TPSA) is 24.9 Å². The maximum absolute atomic E-state index is 5.56. The quantitative estimate of drug-likeness (QED) is 0.178. The molecule has 5 aromatic heterocycles. The zero-order valence-corrected chi connectivity index (χ0v) is 35.3. The summed E-state index contributed by atoms with van der Waals surface area (Å²) in [5.74, 6) is 0. The number of anilines is 3. The standard InChI is InChI=1S/C57H44N4/c1-56(2,3)35-25-26-46-43(29-35)48-39-23-15-13-17-33(39)28-44-50-49-45-31-36(57(4,5)6)30-42-41-27-34-18-14-16-24-40(34)53(59(37-19-9-7-10-20-37)38-21-11-8-12-22-38)54(41)60(51(42)45)47(49)32-58-55(50)61(46)52(44)48/h7-32H,1-6H3. The van der Waals surface area contributed by atoms with E-state index in [9.17, 15) is 0 Å². The summed E-state index contributed by atoms with van der Waals surface area (Å²) in [6, 6.07) is 56.5. The van der Waals surface area contributed by atoms with Crippen LogP contribution in [0.15, 0.2) is 158 Å². The molecule has 0 spiro atoms. The molecule has 4 heteroatoms. The number of para-hydroxylation sites is 2. The van der Waals surface area contributed by atoms with Crippen LogP contribution in [0.25, 0.3) is 97.9 Å². The van der Waals surface area contributed by atoms with Crippen LogP contribution in [0.1, 0.15) is 52.7 Å². The molecule has 5 heterocycles. The monoisotopic (exact) mass is 784 g/mol. The molecule has 0 fully saturated rings. The molecule has 0 saturated heterocycles. The van der Waals surface area contributed by atoms with Gasteiger partial charge in [-0.25, -0.2) is 4.98 Å². The minimum Gasteiger partial charge on any atom is -0.308 e. The maximum Gasteiger partial charge on any atom is 0.146 e. The first-order valence-corrected chi connectivity index (χ1v) is 21.6. The third-order valence-corrected chi connectivity index (χ3v) is 13.6. The lowest BCUT2D eigenvalue weighted by Crippen LogP contribution is -2.11. The zero-order valence-electron chi connectivity index (χ0n) is 35.3. The number of aromatic nitrogens is 3. The lowest BCUT2D eigenvalue weighted by atomic mass is 9.85. The van der Waals surface area contributed by atoms with Crippen molar-refractivity contribution in [3.05, 3.63) is 169 Å². The highest BCUT2D eigenvalue weighted by Crippen LogP contribution is 2.52. The zero-order chi connectivity index (χ0) is 41.1. The lowest BCUT2D eigenvalue weighted by Gasteiger charge is -2.28. The van der Waals surface area contributed by atoms with Gasteiger partial charge in [-0.15, -0.1) is 0 Å². The summed E-state index contributed by atoms with van der Waals surface area (Å²) in [7, 11) is 0. The molecule has 4 nitrogen and oxygen atoms in total. The van der Waals surface area contributed by atoms with Crippen molar-refractivity contribution in [3.8, 4) is 0 Å². The highest BCUT2D eigenvalue weighted by Gasteiger charge is 2.31. The molecule has 0 unspecified atom stereocenters. The Bertz CT molecular complexity index is 3890. The Hall–Kier alpha value is -7.17. The van der Waals surface area contributed by atoms with E-state index in [-0.39, 0.29) is 10.8 Å². The van der Waals surface area contributed by atoms with Crippen LogP contribution in [-0.4, -0.2) is 13.8 Å². The van der Waals surface area contributed by atoms with Crippen LogP contribution in [0, 0.1) is 0 Å². The Kier molecular flexibility index (Phi) is 6.69. The Labute approximate surface area is 353 Å². The van der Waals surface area contributed by atoms with Gasteiger partial charge in [-0.3, -0.25) is 4.40 Å². The average molecular weight is 785 g/mol.